The highest BCUT2D eigenvalue weighted by molar-refractivity contribution is 6.06. The van der Waals surface area contributed by atoms with Gasteiger partial charge in [-0.25, -0.2) is 4.98 Å². The number of amides is 1. The van der Waals surface area contributed by atoms with E-state index in [9.17, 15) is 4.79 Å². The van der Waals surface area contributed by atoms with Crippen molar-refractivity contribution in [3.63, 3.8) is 0 Å². The number of dihydropyridines is 1. The second-order valence-corrected chi connectivity index (χ2v) is 8.05. The molecule has 0 unspecified atom stereocenters. The molecule has 1 aromatic heterocycles. The predicted octanol–water partition coefficient (Wildman–Crippen LogP) is 5.42. The molecule has 0 atom stereocenters. The van der Waals surface area contributed by atoms with Gasteiger partial charge < -0.3 is 9.30 Å². The van der Waals surface area contributed by atoms with Gasteiger partial charge in [-0.15, -0.1) is 0 Å². The van der Waals surface area contributed by atoms with Gasteiger partial charge in [0.15, 0.2) is 0 Å². The Morgan fingerprint density at radius 3 is 2.78 bits per heavy atom. The second kappa shape index (κ2) is 10.3. The number of allylic oxidation sites excluding steroid dienone is 5. The van der Waals surface area contributed by atoms with Crippen molar-refractivity contribution in [2.24, 2.45) is 12.0 Å². The largest absolute Gasteiger partial charge is 0.500 e. The number of fused-ring (bicyclic) bond motifs is 1. The highest BCUT2D eigenvalue weighted by Gasteiger charge is 2.16. The summed E-state index contributed by atoms with van der Waals surface area (Å²) in [7, 11) is 3.58. The maximum absolute atomic E-state index is 13.3. The van der Waals surface area contributed by atoms with Crippen LogP contribution in [0.5, 0.6) is 0 Å². The van der Waals surface area contributed by atoms with Gasteiger partial charge in [0, 0.05) is 37.4 Å². The van der Waals surface area contributed by atoms with Gasteiger partial charge in [-0.2, -0.15) is 0 Å². The standard InChI is InChI=1S/C26H32N4O2/c1-7-8-17(2)13-20(15-19(4)21-16-27-12-11-24(21)32-6)25(31)29-26-28-22-10-9-18(3)14-23(22)30(26)5/h8-10,13-16H,7,11-12H2,1-6H3,(H,28,29,31)/b17-8+,19-15+,20-13+. The first-order chi connectivity index (χ1) is 15.3. The van der Waals surface area contributed by atoms with Gasteiger partial charge in [-0.1, -0.05) is 24.6 Å². The van der Waals surface area contributed by atoms with E-state index in [0.29, 0.717) is 18.1 Å². The van der Waals surface area contributed by atoms with Crippen LogP contribution in [0.25, 0.3) is 11.0 Å². The molecular formula is C26H32N4O2. The molecule has 0 aliphatic carbocycles. The van der Waals surface area contributed by atoms with Crippen LogP contribution in [0, 0.1) is 6.92 Å². The van der Waals surface area contributed by atoms with Gasteiger partial charge in [0.05, 0.1) is 18.1 Å². The Balaban J connectivity index is 1.98. The van der Waals surface area contributed by atoms with Crippen LogP contribution in [0.1, 0.15) is 39.2 Å². The zero-order valence-corrected chi connectivity index (χ0v) is 19.8. The molecule has 1 N–H and O–H groups in total. The number of nitrogens with one attached hydrogen (secondary N) is 1. The van der Waals surface area contributed by atoms with Gasteiger partial charge in [0.1, 0.15) is 5.76 Å². The van der Waals surface area contributed by atoms with E-state index in [1.54, 1.807) is 7.11 Å². The molecule has 3 rings (SSSR count). The number of aryl methyl sites for hydroxylation is 2. The Bertz CT molecular complexity index is 1180. The molecule has 0 fully saturated rings. The van der Waals surface area contributed by atoms with Crippen molar-refractivity contribution in [3.05, 3.63) is 70.0 Å². The summed E-state index contributed by atoms with van der Waals surface area (Å²) in [6.45, 7) is 8.81. The number of anilines is 1. The zero-order valence-electron chi connectivity index (χ0n) is 19.8. The Morgan fingerprint density at radius 2 is 2.06 bits per heavy atom. The van der Waals surface area contributed by atoms with Crippen LogP contribution in [0.2, 0.25) is 0 Å². The van der Waals surface area contributed by atoms with E-state index >= 15 is 0 Å². The average Bonchev–Trinajstić information content (AvgIpc) is 3.08. The SMILES string of the molecule is CC/C=C(C)/C=C(\C=C(/C)C1=C(OC)CCN=C1)C(=O)Nc1nc2ccc(C)cc2n1C. The summed E-state index contributed by atoms with van der Waals surface area (Å²) in [4.78, 5) is 22.3. The van der Waals surface area contributed by atoms with Crippen molar-refractivity contribution in [1.29, 1.82) is 0 Å². The smallest absolute Gasteiger partial charge is 0.257 e. The number of rotatable bonds is 7. The molecule has 168 valence electrons. The number of ether oxygens (including phenoxy) is 1. The fourth-order valence-electron chi connectivity index (χ4n) is 3.76. The molecule has 2 heterocycles. The van der Waals surface area contributed by atoms with Crippen molar-refractivity contribution in [1.82, 2.24) is 9.55 Å². The topological polar surface area (TPSA) is 68.5 Å². The third kappa shape index (κ3) is 5.25. The van der Waals surface area contributed by atoms with Crippen LogP contribution in [-0.4, -0.2) is 35.3 Å². The molecule has 6 nitrogen and oxygen atoms in total. The Hall–Kier alpha value is -3.41. The molecule has 1 aliphatic rings. The van der Waals surface area contributed by atoms with E-state index in [4.69, 9.17) is 4.74 Å². The molecule has 1 aromatic carbocycles. The van der Waals surface area contributed by atoms with Gasteiger partial charge in [0.2, 0.25) is 5.95 Å². The summed E-state index contributed by atoms with van der Waals surface area (Å²) in [6, 6.07) is 6.05. The molecule has 32 heavy (non-hydrogen) atoms. The minimum atomic E-state index is -0.212. The summed E-state index contributed by atoms with van der Waals surface area (Å²) in [5, 5.41) is 2.99. The number of hydrogen-bond acceptors (Lipinski definition) is 4. The second-order valence-electron chi connectivity index (χ2n) is 8.05. The molecular weight excluding hydrogens is 400 g/mol. The summed E-state index contributed by atoms with van der Waals surface area (Å²) >= 11 is 0. The number of benzene rings is 1. The van der Waals surface area contributed by atoms with Crippen LogP contribution in [-0.2, 0) is 16.6 Å². The minimum absolute atomic E-state index is 0.212. The lowest BCUT2D eigenvalue weighted by molar-refractivity contribution is -0.112. The van der Waals surface area contributed by atoms with E-state index in [-0.39, 0.29) is 5.91 Å². The van der Waals surface area contributed by atoms with E-state index in [0.717, 1.165) is 51.9 Å². The number of carbonyl (C=O) groups is 1. The molecule has 1 amide bonds. The number of hydrogen-bond donors (Lipinski definition) is 1. The van der Waals surface area contributed by atoms with Crippen molar-refractivity contribution >= 4 is 29.1 Å². The molecule has 2 aromatic rings. The number of methoxy groups -OCH3 is 1. The third-order valence-electron chi connectivity index (χ3n) is 5.47. The Morgan fingerprint density at radius 1 is 1.28 bits per heavy atom. The highest BCUT2D eigenvalue weighted by atomic mass is 16.5. The first-order valence-corrected chi connectivity index (χ1v) is 10.9. The number of carbonyl (C=O) groups excluding carboxylic acids is 1. The Labute approximate surface area is 190 Å². The molecule has 0 saturated carbocycles. The normalized spacial score (nSPS) is 15.5. The van der Waals surface area contributed by atoms with Crippen molar-refractivity contribution < 1.29 is 9.53 Å². The highest BCUT2D eigenvalue weighted by Crippen LogP contribution is 2.23. The summed E-state index contributed by atoms with van der Waals surface area (Å²) in [6.07, 6.45) is 9.37. The minimum Gasteiger partial charge on any atom is -0.500 e. The van der Waals surface area contributed by atoms with Crippen LogP contribution in [0.4, 0.5) is 5.95 Å². The molecule has 1 aliphatic heterocycles. The van der Waals surface area contributed by atoms with Gasteiger partial charge in [-0.05, 0) is 62.6 Å². The van der Waals surface area contributed by atoms with Gasteiger partial charge in [0.25, 0.3) is 5.91 Å². The van der Waals surface area contributed by atoms with Crippen LogP contribution in [0.3, 0.4) is 0 Å². The zero-order chi connectivity index (χ0) is 23.3. The molecule has 0 saturated heterocycles. The van der Waals surface area contributed by atoms with Crippen LogP contribution >= 0.6 is 0 Å². The van der Waals surface area contributed by atoms with Crippen molar-refractivity contribution in [2.45, 2.75) is 40.5 Å². The quantitative estimate of drug-likeness (QED) is 0.469. The van der Waals surface area contributed by atoms with Crippen LogP contribution < -0.4 is 5.32 Å². The Kier molecular flexibility index (Phi) is 7.46. The summed E-state index contributed by atoms with van der Waals surface area (Å²) < 4.78 is 7.45. The first kappa shape index (κ1) is 23.3. The van der Waals surface area contributed by atoms with E-state index < -0.39 is 0 Å². The number of aromatic nitrogens is 2. The van der Waals surface area contributed by atoms with Crippen molar-refractivity contribution in [2.75, 3.05) is 19.0 Å². The molecule has 0 bridgehead atoms. The molecule has 0 spiro atoms. The summed E-state index contributed by atoms with van der Waals surface area (Å²) in [5.74, 6) is 1.19. The lowest BCUT2D eigenvalue weighted by Gasteiger charge is -2.15. The van der Waals surface area contributed by atoms with Crippen LogP contribution in [0.15, 0.2) is 69.5 Å². The third-order valence-corrected chi connectivity index (χ3v) is 5.47. The van der Waals surface area contributed by atoms with Crippen molar-refractivity contribution in [3.8, 4) is 0 Å². The summed E-state index contributed by atoms with van der Waals surface area (Å²) in [5.41, 5.74) is 6.41. The monoisotopic (exact) mass is 432 g/mol. The lowest BCUT2D eigenvalue weighted by Crippen LogP contribution is -2.17. The fourth-order valence-corrected chi connectivity index (χ4v) is 3.76. The fraction of sp³-hybridized carbons (Fsp3) is 0.346. The van der Waals surface area contributed by atoms with E-state index in [1.807, 2.05) is 62.9 Å². The van der Waals surface area contributed by atoms with Gasteiger partial charge >= 0.3 is 0 Å². The number of imidazole rings is 1. The number of aliphatic imine (C=N–C) groups is 1. The molecule has 0 radical (unpaired) electrons. The van der Waals surface area contributed by atoms with E-state index in [2.05, 4.69) is 34.4 Å². The maximum Gasteiger partial charge on any atom is 0.257 e. The predicted molar refractivity (Wildman–Crippen MR) is 132 cm³/mol. The number of nitrogens with zero attached hydrogens (tertiary/aromatic N) is 3. The maximum atomic E-state index is 13.3. The lowest BCUT2D eigenvalue weighted by atomic mass is 10.00. The molecule has 6 heteroatoms. The first-order valence-electron chi connectivity index (χ1n) is 10.9. The van der Waals surface area contributed by atoms with Gasteiger partial charge in [-0.3, -0.25) is 15.1 Å². The average molecular weight is 433 g/mol. The van der Waals surface area contributed by atoms with E-state index in [1.165, 1.54) is 0 Å².